The summed E-state index contributed by atoms with van der Waals surface area (Å²) in [5.41, 5.74) is 6.50. The largest absolute Gasteiger partial charge is 0.489 e. The number of hydrogen-bond donors (Lipinski definition) is 1. The van der Waals surface area contributed by atoms with E-state index in [-0.39, 0.29) is 0 Å². The smallest absolute Gasteiger partial charge is 0.133 e. The molecule has 1 aromatic carbocycles. The number of benzene rings is 1. The highest BCUT2D eigenvalue weighted by Crippen LogP contribution is 2.26. The van der Waals surface area contributed by atoms with Gasteiger partial charge in [-0.2, -0.15) is 0 Å². The van der Waals surface area contributed by atoms with E-state index in [4.69, 9.17) is 10.5 Å². The summed E-state index contributed by atoms with van der Waals surface area (Å²) in [6.45, 7) is 2.24. The maximum Gasteiger partial charge on any atom is 0.133 e. The van der Waals surface area contributed by atoms with Crippen LogP contribution in [0, 0.1) is 3.57 Å². The van der Waals surface area contributed by atoms with Crippen molar-refractivity contribution in [2.24, 2.45) is 0 Å². The van der Waals surface area contributed by atoms with Crippen molar-refractivity contribution in [1.29, 1.82) is 0 Å². The van der Waals surface area contributed by atoms with Crippen LogP contribution in [0.4, 0.5) is 5.69 Å². The van der Waals surface area contributed by atoms with Crippen LogP contribution < -0.4 is 10.5 Å². The van der Waals surface area contributed by atoms with Crippen LogP contribution in [-0.4, -0.2) is 31.1 Å². The van der Waals surface area contributed by atoms with Gasteiger partial charge in [-0.1, -0.05) is 0 Å². The Morgan fingerprint density at radius 1 is 1.38 bits per heavy atom. The molecular weight excluding hydrogens is 315 g/mol. The summed E-state index contributed by atoms with van der Waals surface area (Å²) < 4.78 is 7.09. The number of nitrogens with two attached hydrogens (primary N) is 1. The first kappa shape index (κ1) is 12.0. The van der Waals surface area contributed by atoms with Gasteiger partial charge in [0.05, 0.1) is 3.57 Å². The van der Waals surface area contributed by atoms with Crippen LogP contribution in [0.2, 0.25) is 0 Å². The van der Waals surface area contributed by atoms with Crippen molar-refractivity contribution >= 4 is 28.3 Å². The Morgan fingerprint density at radius 2 is 2.06 bits per heavy atom. The van der Waals surface area contributed by atoms with E-state index in [2.05, 4.69) is 34.5 Å². The lowest BCUT2D eigenvalue weighted by molar-refractivity contribution is 0.113. The zero-order chi connectivity index (χ0) is 11.5. The second-order valence-corrected chi connectivity index (χ2v) is 5.47. The van der Waals surface area contributed by atoms with E-state index in [1.165, 1.54) is 0 Å². The molecule has 0 atom stereocenters. The second kappa shape index (κ2) is 5.23. The third-order valence-electron chi connectivity index (χ3n) is 2.92. The molecule has 0 unspecified atom stereocenters. The van der Waals surface area contributed by atoms with Crippen LogP contribution >= 0.6 is 22.6 Å². The minimum absolute atomic E-state index is 0.355. The molecule has 1 aliphatic rings. The van der Waals surface area contributed by atoms with Crippen molar-refractivity contribution in [3.8, 4) is 5.75 Å². The number of rotatable bonds is 2. The summed E-state index contributed by atoms with van der Waals surface area (Å²) in [6, 6.07) is 5.81. The minimum atomic E-state index is 0.355. The lowest BCUT2D eigenvalue weighted by Gasteiger charge is -2.29. The van der Waals surface area contributed by atoms with E-state index in [0.717, 1.165) is 40.9 Å². The first-order valence-electron chi connectivity index (χ1n) is 5.55. The molecule has 1 heterocycles. The maximum atomic E-state index is 6.00. The third-order valence-corrected chi connectivity index (χ3v) is 3.76. The Kier molecular flexibility index (Phi) is 3.91. The zero-order valence-electron chi connectivity index (χ0n) is 9.45. The predicted molar refractivity (Wildman–Crippen MR) is 74.7 cm³/mol. The van der Waals surface area contributed by atoms with Crippen LogP contribution in [0.3, 0.4) is 0 Å². The van der Waals surface area contributed by atoms with Gasteiger partial charge in [-0.05, 0) is 60.7 Å². The Labute approximate surface area is 110 Å². The average Bonchev–Trinajstić information content (AvgIpc) is 2.25. The Balaban J connectivity index is 1.98. The molecule has 0 saturated carbocycles. The van der Waals surface area contributed by atoms with E-state index < -0.39 is 0 Å². The molecule has 16 heavy (non-hydrogen) atoms. The second-order valence-electron chi connectivity index (χ2n) is 4.31. The molecular formula is C12H17IN2O. The number of anilines is 1. The molecule has 88 valence electrons. The number of ether oxygens (including phenoxy) is 1. The molecule has 2 N–H and O–H groups in total. The van der Waals surface area contributed by atoms with E-state index in [1.54, 1.807) is 0 Å². The molecule has 1 aliphatic heterocycles. The van der Waals surface area contributed by atoms with Crippen LogP contribution in [0.1, 0.15) is 12.8 Å². The highest BCUT2D eigenvalue weighted by atomic mass is 127. The Bertz CT molecular complexity index is 362. The number of nitrogen functional groups attached to an aromatic ring is 1. The van der Waals surface area contributed by atoms with Gasteiger partial charge in [0.15, 0.2) is 0 Å². The summed E-state index contributed by atoms with van der Waals surface area (Å²) in [7, 11) is 2.16. The molecule has 1 saturated heterocycles. The number of nitrogens with zero attached hydrogens (tertiary/aromatic N) is 1. The van der Waals surface area contributed by atoms with Crippen molar-refractivity contribution in [1.82, 2.24) is 4.90 Å². The minimum Gasteiger partial charge on any atom is -0.489 e. The fraction of sp³-hybridized carbons (Fsp3) is 0.500. The summed E-state index contributed by atoms with van der Waals surface area (Å²) in [6.07, 6.45) is 2.57. The van der Waals surface area contributed by atoms with Gasteiger partial charge in [0.1, 0.15) is 11.9 Å². The Morgan fingerprint density at radius 3 is 2.69 bits per heavy atom. The number of halogens is 1. The first-order chi connectivity index (χ1) is 7.65. The number of hydrogen-bond acceptors (Lipinski definition) is 3. The van der Waals surface area contributed by atoms with E-state index in [0.29, 0.717) is 6.10 Å². The topological polar surface area (TPSA) is 38.5 Å². The highest BCUT2D eigenvalue weighted by Gasteiger charge is 2.18. The normalized spacial score (nSPS) is 18.6. The predicted octanol–water partition coefficient (Wildman–Crippen LogP) is 2.35. The van der Waals surface area contributed by atoms with E-state index in [9.17, 15) is 0 Å². The van der Waals surface area contributed by atoms with Crippen LogP contribution in [0.25, 0.3) is 0 Å². The molecule has 0 bridgehead atoms. The van der Waals surface area contributed by atoms with Crippen molar-refractivity contribution in [3.63, 3.8) is 0 Å². The molecule has 0 spiro atoms. The summed E-state index contributed by atoms with van der Waals surface area (Å²) >= 11 is 2.27. The van der Waals surface area contributed by atoms with Gasteiger partial charge in [0, 0.05) is 18.8 Å². The van der Waals surface area contributed by atoms with Crippen molar-refractivity contribution in [3.05, 3.63) is 21.8 Å². The molecule has 3 nitrogen and oxygen atoms in total. The third kappa shape index (κ3) is 3.01. The van der Waals surface area contributed by atoms with Gasteiger partial charge in [-0.3, -0.25) is 0 Å². The lowest BCUT2D eigenvalue weighted by atomic mass is 10.1. The van der Waals surface area contributed by atoms with Crippen molar-refractivity contribution < 1.29 is 4.74 Å². The molecule has 1 aromatic rings. The van der Waals surface area contributed by atoms with E-state index >= 15 is 0 Å². The quantitative estimate of drug-likeness (QED) is 0.667. The van der Waals surface area contributed by atoms with E-state index in [1.807, 2.05) is 18.2 Å². The van der Waals surface area contributed by atoms with Crippen LogP contribution in [-0.2, 0) is 0 Å². The first-order valence-corrected chi connectivity index (χ1v) is 6.63. The zero-order valence-corrected chi connectivity index (χ0v) is 11.6. The number of likely N-dealkylation sites (tertiary alicyclic amines) is 1. The van der Waals surface area contributed by atoms with Gasteiger partial charge >= 0.3 is 0 Å². The van der Waals surface area contributed by atoms with Gasteiger partial charge in [0.25, 0.3) is 0 Å². The maximum absolute atomic E-state index is 6.00. The van der Waals surface area contributed by atoms with Crippen LogP contribution in [0.5, 0.6) is 5.75 Å². The van der Waals surface area contributed by atoms with Crippen molar-refractivity contribution in [2.75, 3.05) is 25.9 Å². The SMILES string of the molecule is CN1CCC(Oc2ccc(N)cc2I)CC1. The number of piperidine rings is 1. The monoisotopic (exact) mass is 332 g/mol. The molecule has 0 amide bonds. The molecule has 0 aliphatic carbocycles. The molecule has 0 radical (unpaired) electrons. The molecule has 2 rings (SSSR count). The van der Waals surface area contributed by atoms with Gasteiger partial charge < -0.3 is 15.4 Å². The van der Waals surface area contributed by atoms with Gasteiger partial charge in [-0.25, -0.2) is 0 Å². The molecule has 4 heteroatoms. The summed E-state index contributed by atoms with van der Waals surface area (Å²) in [5.74, 6) is 0.962. The van der Waals surface area contributed by atoms with Gasteiger partial charge in [0.2, 0.25) is 0 Å². The van der Waals surface area contributed by atoms with Gasteiger partial charge in [-0.15, -0.1) is 0 Å². The Hall–Kier alpha value is -0.490. The van der Waals surface area contributed by atoms with Crippen LogP contribution in [0.15, 0.2) is 18.2 Å². The summed E-state index contributed by atoms with van der Waals surface area (Å²) in [4.78, 5) is 2.34. The standard InChI is InChI=1S/C12H17IN2O/c1-15-6-4-10(5-7-15)16-12-3-2-9(14)8-11(12)13/h2-3,8,10H,4-7,14H2,1H3. The fourth-order valence-electron chi connectivity index (χ4n) is 1.89. The fourth-order valence-corrected chi connectivity index (χ4v) is 2.56. The molecule has 0 aromatic heterocycles. The highest BCUT2D eigenvalue weighted by molar-refractivity contribution is 14.1. The lowest BCUT2D eigenvalue weighted by Crippen LogP contribution is -2.35. The summed E-state index contributed by atoms with van der Waals surface area (Å²) in [5, 5.41) is 0. The van der Waals surface area contributed by atoms with Crippen molar-refractivity contribution in [2.45, 2.75) is 18.9 Å². The average molecular weight is 332 g/mol. The molecule has 1 fully saturated rings.